The first-order valence-electron chi connectivity index (χ1n) is 7.56. The SMILES string of the molecule is C=C(C)CN=C(N)NCC1CCCN(Cc2cccs2)C1. The van der Waals surface area contributed by atoms with Crippen molar-refractivity contribution in [3.05, 3.63) is 34.5 Å². The van der Waals surface area contributed by atoms with Gasteiger partial charge in [-0.2, -0.15) is 0 Å². The Kier molecular flexibility index (Phi) is 6.26. The fraction of sp³-hybridized carbons (Fsp3) is 0.562. The van der Waals surface area contributed by atoms with Crippen LogP contribution < -0.4 is 11.1 Å². The first-order chi connectivity index (χ1) is 10.1. The van der Waals surface area contributed by atoms with Crippen LogP contribution in [0.3, 0.4) is 0 Å². The van der Waals surface area contributed by atoms with Crippen molar-refractivity contribution in [1.29, 1.82) is 0 Å². The summed E-state index contributed by atoms with van der Waals surface area (Å²) >= 11 is 1.84. The standard InChI is InChI=1S/C16H26N4S/c1-13(2)9-18-16(17)19-10-14-5-3-7-20(11-14)12-15-6-4-8-21-15/h4,6,8,14H,1,3,5,7,9-12H2,2H3,(H3,17,18,19). The summed E-state index contributed by atoms with van der Waals surface area (Å²) in [7, 11) is 0. The van der Waals surface area contributed by atoms with Gasteiger partial charge in [0.15, 0.2) is 5.96 Å². The minimum Gasteiger partial charge on any atom is -0.370 e. The molecule has 1 fully saturated rings. The molecule has 1 saturated heterocycles. The number of hydrogen-bond acceptors (Lipinski definition) is 3. The highest BCUT2D eigenvalue weighted by molar-refractivity contribution is 7.09. The zero-order valence-corrected chi connectivity index (χ0v) is 13.7. The normalized spacial score (nSPS) is 20.4. The minimum atomic E-state index is 0.536. The molecule has 1 aromatic heterocycles. The third-order valence-electron chi connectivity index (χ3n) is 3.65. The average molecular weight is 306 g/mol. The van der Waals surface area contributed by atoms with Gasteiger partial charge in [-0.25, -0.2) is 4.99 Å². The smallest absolute Gasteiger partial charge is 0.188 e. The summed E-state index contributed by atoms with van der Waals surface area (Å²) in [5.41, 5.74) is 6.90. The van der Waals surface area contributed by atoms with Crippen molar-refractivity contribution in [2.24, 2.45) is 16.6 Å². The fourth-order valence-electron chi connectivity index (χ4n) is 2.61. The third-order valence-corrected chi connectivity index (χ3v) is 4.51. The van der Waals surface area contributed by atoms with Gasteiger partial charge in [-0.05, 0) is 43.7 Å². The largest absolute Gasteiger partial charge is 0.370 e. The lowest BCUT2D eigenvalue weighted by Gasteiger charge is -2.32. The Balaban J connectivity index is 1.73. The molecule has 3 N–H and O–H groups in total. The molecule has 1 aromatic rings. The maximum atomic E-state index is 5.87. The van der Waals surface area contributed by atoms with Crippen LogP contribution >= 0.6 is 11.3 Å². The van der Waals surface area contributed by atoms with Crippen LogP contribution in [0.15, 0.2) is 34.7 Å². The van der Waals surface area contributed by atoms with Gasteiger partial charge in [0.1, 0.15) is 0 Å². The van der Waals surface area contributed by atoms with Gasteiger partial charge in [0.2, 0.25) is 0 Å². The second-order valence-corrected chi connectivity index (χ2v) is 6.89. The molecule has 0 radical (unpaired) electrons. The van der Waals surface area contributed by atoms with E-state index >= 15 is 0 Å². The molecule has 4 nitrogen and oxygen atoms in total. The van der Waals surface area contributed by atoms with Gasteiger partial charge >= 0.3 is 0 Å². The van der Waals surface area contributed by atoms with Crippen LogP contribution in [-0.4, -0.2) is 37.0 Å². The van der Waals surface area contributed by atoms with Gasteiger partial charge in [-0.15, -0.1) is 11.3 Å². The van der Waals surface area contributed by atoms with Crippen molar-refractivity contribution in [2.75, 3.05) is 26.2 Å². The molecule has 2 heterocycles. The number of likely N-dealkylation sites (tertiary alicyclic amines) is 1. The van der Waals surface area contributed by atoms with Gasteiger partial charge in [-0.1, -0.05) is 18.2 Å². The first kappa shape index (κ1) is 16.0. The predicted molar refractivity (Wildman–Crippen MR) is 91.6 cm³/mol. The number of nitrogens with two attached hydrogens (primary N) is 1. The van der Waals surface area contributed by atoms with E-state index in [1.54, 1.807) is 0 Å². The summed E-state index contributed by atoms with van der Waals surface area (Å²) < 4.78 is 0. The van der Waals surface area contributed by atoms with Crippen molar-refractivity contribution < 1.29 is 0 Å². The first-order valence-corrected chi connectivity index (χ1v) is 8.44. The number of nitrogens with zero attached hydrogens (tertiary/aromatic N) is 2. The molecule has 1 aliphatic rings. The quantitative estimate of drug-likeness (QED) is 0.482. The highest BCUT2D eigenvalue weighted by Gasteiger charge is 2.20. The van der Waals surface area contributed by atoms with E-state index in [0.717, 1.165) is 25.2 Å². The van der Waals surface area contributed by atoms with Crippen LogP contribution in [0, 0.1) is 5.92 Å². The van der Waals surface area contributed by atoms with Crippen LogP contribution in [0.5, 0.6) is 0 Å². The van der Waals surface area contributed by atoms with E-state index in [-0.39, 0.29) is 0 Å². The van der Waals surface area contributed by atoms with Crippen LogP contribution in [0.25, 0.3) is 0 Å². The zero-order valence-electron chi connectivity index (χ0n) is 12.8. The molecular weight excluding hydrogens is 280 g/mol. The number of nitrogens with one attached hydrogen (secondary N) is 1. The lowest BCUT2D eigenvalue weighted by atomic mass is 9.98. The molecule has 1 atom stereocenters. The molecule has 2 rings (SSSR count). The molecule has 5 heteroatoms. The number of rotatable bonds is 6. The number of guanidine groups is 1. The van der Waals surface area contributed by atoms with E-state index in [4.69, 9.17) is 5.73 Å². The Morgan fingerprint density at radius 1 is 1.62 bits per heavy atom. The zero-order chi connectivity index (χ0) is 15.1. The predicted octanol–water partition coefficient (Wildman–Crippen LogP) is 2.44. The average Bonchev–Trinajstić information content (AvgIpc) is 2.96. The highest BCUT2D eigenvalue weighted by atomic mass is 32.1. The summed E-state index contributed by atoms with van der Waals surface area (Å²) in [6.07, 6.45) is 2.53. The van der Waals surface area contributed by atoms with Crippen LogP contribution in [0.1, 0.15) is 24.6 Å². The number of hydrogen-bond donors (Lipinski definition) is 2. The van der Waals surface area contributed by atoms with Crippen LogP contribution in [0.4, 0.5) is 0 Å². The summed E-state index contributed by atoms with van der Waals surface area (Å²) in [6, 6.07) is 4.34. The van der Waals surface area contributed by atoms with Crippen LogP contribution in [0.2, 0.25) is 0 Å². The fourth-order valence-corrected chi connectivity index (χ4v) is 3.36. The maximum Gasteiger partial charge on any atom is 0.188 e. The van der Waals surface area contributed by atoms with Crippen molar-refractivity contribution in [3.63, 3.8) is 0 Å². The molecule has 0 bridgehead atoms. The van der Waals surface area contributed by atoms with Crippen molar-refractivity contribution in [2.45, 2.75) is 26.3 Å². The van der Waals surface area contributed by atoms with E-state index in [9.17, 15) is 0 Å². The van der Waals surface area contributed by atoms with E-state index in [2.05, 4.69) is 39.3 Å². The highest BCUT2D eigenvalue weighted by Crippen LogP contribution is 2.19. The Labute approximate surface area is 131 Å². The van der Waals surface area contributed by atoms with Gasteiger partial charge in [0, 0.05) is 24.5 Å². The van der Waals surface area contributed by atoms with Gasteiger partial charge in [0.05, 0.1) is 6.54 Å². The van der Waals surface area contributed by atoms with Crippen LogP contribution in [-0.2, 0) is 6.54 Å². The molecule has 1 aliphatic heterocycles. The van der Waals surface area contributed by atoms with Crippen molar-refractivity contribution >= 4 is 17.3 Å². The summed E-state index contributed by atoms with van der Waals surface area (Å²) in [4.78, 5) is 8.25. The van der Waals surface area contributed by atoms with Gasteiger partial charge in [0.25, 0.3) is 0 Å². The number of piperidine rings is 1. The summed E-state index contributed by atoms with van der Waals surface area (Å²) in [5.74, 6) is 1.19. The molecule has 0 spiro atoms. The van der Waals surface area contributed by atoms with E-state index < -0.39 is 0 Å². The van der Waals surface area contributed by atoms with E-state index in [0.29, 0.717) is 18.4 Å². The third kappa shape index (κ3) is 5.89. The Morgan fingerprint density at radius 3 is 3.19 bits per heavy atom. The van der Waals surface area contributed by atoms with Gasteiger partial charge in [-0.3, -0.25) is 4.90 Å². The molecular formula is C16H26N4S. The lowest BCUT2D eigenvalue weighted by molar-refractivity contribution is 0.169. The van der Waals surface area contributed by atoms with E-state index in [1.807, 2.05) is 18.3 Å². The Bertz CT molecular complexity index is 467. The van der Waals surface area contributed by atoms with Crippen molar-refractivity contribution in [3.8, 4) is 0 Å². The topological polar surface area (TPSA) is 53.6 Å². The van der Waals surface area contributed by atoms with Gasteiger partial charge < -0.3 is 11.1 Å². The molecule has 0 aliphatic carbocycles. The molecule has 116 valence electrons. The molecule has 21 heavy (non-hydrogen) atoms. The summed E-state index contributed by atoms with van der Waals surface area (Å²) in [5, 5.41) is 5.40. The monoisotopic (exact) mass is 306 g/mol. The Hall–Kier alpha value is -1.33. The second kappa shape index (κ2) is 8.20. The molecule has 1 unspecified atom stereocenters. The lowest BCUT2D eigenvalue weighted by Crippen LogP contribution is -2.42. The maximum absolute atomic E-state index is 5.87. The number of thiophene rings is 1. The molecule has 0 amide bonds. The second-order valence-electron chi connectivity index (χ2n) is 5.86. The summed E-state index contributed by atoms with van der Waals surface area (Å²) in [6.45, 7) is 10.7. The van der Waals surface area contributed by atoms with Crippen molar-refractivity contribution in [1.82, 2.24) is 10.2 Å². The van der Waals surface area contributed by atoms with E-state index in [1.165, 1.54) is 24.3 Å². The molecule has 0 saturated carbocycles. The number of aliphatic imine (C=N–C) groups is 1. The Morgan fingerprint density at radius 2 is 2.48 bits per heavy atom. The minimum absolute atomic E-state index is 0.536. The molecule has 0 aromatic carbocycles.